The number of hydrogen-bond acceptors (Lipinski definition) is 9. The highest BCUT2D eigenvalue weighted by atomic mass is 16.6. The molecule has 6 N–H and O–H groups in total. The molecule has 0 radical (unpaired) electrons. The lowest BCUT2D eigenvalue weighted by Crippen LogP contribution is -2.37. The van der Waals surface area contributed by atoms with Crippen LogP contribution in [-0.2, 0) is 14.2 Å². The quantitative estimate of drug-likeness (QED) is 0.239. The third-order valence-corrected chi connectivity index (χ3v) is 5.20. The molecule has 0 aliphatic carbocycles. The van der Waals surface area contributed by atoms with E-state index >= 15 is 0 Å². The van der Waals surface area contributed by atoms with E-state index in [1.54, 1.807) is 61.5 Å². The average molecular weight is 478 g/mol. The van der Waals surface area contributed by atoms with Crippen molar-refractivity contribution in [2.24, 2.45) is 5.41 Å². The van der Waals surface area contributed by atoms with Crippen LogP contribution in [-0.4, -0.2) is 37.7 Å². The van der Waals surface area contributed by atoms with Crippen molar-refractivity contribution in [2.75, 3.05) is 37.0 Å². The molecule has 0 aliphatic rings. The summed E-state index contributed by atoms with van der Waals surface area (Å²) in [7, 11) is 0. The number of hydrogen-bond donors (Lipinski definition) is 3. The Balaban J connectivity index is 1.73. The maximum Gasteiger partial charge on any atom is 0.340 e. The molecule has 3 aromatic rings. The molecule has 9 heteroatoms. The topological polar surface area (TPSA) is 157 Å². The Morgan fingerprint density at radius 1 is 0.571 bits per heavy atom. The maximum atomic E-state index is 12.6. The first-order valence-corrected chi connectivity index (χ1v) is 10.7. The van der Waals surface area contributed by atoms with Gasteiger partial charge in [0.05, 0.1) is 22.1 Å². The molecule has 0 bridgehead atoms. The monoisotopic (exact) mass is 477 g/mol. The number of carbonyl (C=O) groups is 3. The van der Waals surface area contributed by atoms with Gasteiger partial charge in [0, 0.05) is 17.1 Å². The Hall–Kier alpha value is -4.53. The van der Waals surface area contributed by atoms with Gasteiger partial charge in [-0.3, -0.25) is 0 Å². The molecule has 0 unspecified atom stereocenters. The number of anilines is 3. The molecule has 0 aliphatic heterocycles. The van der Waals surface area contributed by atoms with E-state index < -0.39 is 23.3 Å². The zero-order valence-electron chi connectivity index (χ0n) is 19.2. The Bertz CT molecular complexity index is 1080. The summed E-state index contributed by atoms with van der Waals surface area (Å²) in [4.78, 5) is 37.7. The first-order valence-electron chi connectivity index (χ1n) is 10.7. The van der Waals surface area contributed by atoms with E-state index in [0.29, 0.717) is 0 Å². The number of nitrogens with two attached hydrogens (primary N) is 3. The van der Waals surface area contributed by atoms with Crippen molar-refractivity contribution in [1.29, 1.82) is 0 Å². The Labute approximate surface area is 202 Å². The number of benzene rings is 3. The van der Waals surface area contributed by atoms with Gasteiger partial charge in [-0.05, 0) is 43.3 Å². The molecule has 0 atom stereocenters. The van der Waals surface area contributed by atoms with Crippen molar-refractivity contribution >= 4 is 35.0 Å². The van der Waals surface area contributed by atoms with Gasteiger partial charge >= 0.3 is 17.9 Å². The highest BCUT2D eigenvalue weighted by molar-refractivity contribution is 5.96. The molecule has 0 spiro atoms. The zero-order valence-corrected chi connectivity index (χ0v) is 19.2. The average Bonchev–Trinajstić information content (AvgIpc) is 2.85. The van der Waals surface area contributed by atoms with Gasteiger partial charge in [0.2, 0.25) is 0 Å². The number of ether oxygens (including phenoxy) is 3. The molecule has 0 aromatic heterocycles. The summed E-state index contributed by atoms with van der Waals surface area (Å²) in [5.41, 5.74) is 17.8. The van der Waals surface area contributed by atoms with Crippen LogP contribution in [0.1, 0.15) is 38.0 Å². The first-order chi connectivity index (χ1) is 16.7. The van der Waals surface area contributed by atoms with E-state index in [9.17, 15) is 14.4 Å². The Morgan fingerprint density at radius 3 is 1.09 bits per heavy atom. The van der Waals surface area contributed by atoms with Crippen LogP contribution in [0.2, 0.25) is 0 Å². The fraction of sp³-hybridized carbons (Fsp3) is 0.192. The normalized spacial score (nSPS) is 10.9. The van der Waals surface area contributed by atoms with Crippen LogP contribution in [0.5, 0.6) is 0 Å². The summed E-state index contributed by atoms with van der Waals surface area (Å²) < 4.78 is 16.3. The van der Waals surface area contributed by atoms with E-state index in [4.69, 9.17) is 31.4 Å². The van der Waals surface area contributed by atoms with Gasteiger partial charge in [-0.15, -0.1) is 0 Å². The van der Waals surface area contributed by atoms with Crippen LogP contribution >= 0.6 is 0 Å². The summed E-state index contributed by atoms with van der Waals surface area (Å²) in [5.74, 6) is -1.98. The Kier molecular flexibility index (Phi) is 7.93. The molecule has 3 rings (SSSR count). The van der Waals surface area contributed by atoms with Gasteiger partial charge in [-0.2, -0.15) is 0 Å². The van der Waals surface area contributed by atoms with Gasteiger partial charge in [-0.25, -0.2) is 14.4 Å². The van der Waals surface area contributed by atoms with Crippen LogP contribution in [0.4, 0.5) is 17.1 Å². The van der Waals surface area contributed by atoms with Crippen molar-refractivity contribution < 1.29 is 28.6 Å². The lowest BCUT2D eigenvalue weighted by atomic mass is 9.94. The third-order valence-electron chi connectivity index (χ3n) is 5.20. The van der Waals surface area contributed by atoms with Crippen molar-refractivity contribution in [1.82, 2.24) is 0 Å². The van der Waals surface area contributed by atoms with Crippen LogP contribution in [0.3, 0.4) is 0 Å². The van der Waals surface area contributed by atoms with Gasteiger partial charge in [0.15, 0.2) is 0 Å². The molecule has 9 nitrogen and oxygen atoms in total. The summed E-state index contributed by atoms with van der Waals surface area (Å²) >= 11 is 0. The van der Waals surface area contributed by atoms with E-state index in [1.165, 1.54) is 18.2 Å². The largest absolute Gasteiger partial charge is 0.461 e. The minimum Gasteiger partial charge on any atom is -0.461 e. The number of esters is 3. The highest BCUT2D eigenvalue weighted by Gasteiger charge is 2.32. The molecule has 0 amide bonds. The standard InChI is InChI=1S/C26H27N3O6/c1-26(14-33-23(30)17-8-2-5-11-20(17)27,15-34-24(31)18-9-3-6-12-21(18)28)16-35-25(32)19-10-4-7-13-22(19)29/h2-13H,14-16,27-29H2,1H3. The van der Waals surface area contributed by atoms with Gasteiger partial charge in [-0.1, -0.05) is 36.4 Å². The second kappa shape index (κ2) is 11.1. The summed E-state index contributed by atoms with van der Waals surface area (Å²) in [5, 5.41) is 0. The predicted molar refractivity (Wildman–Crippen MR) is 132 cm³/mol. The molecule has 0 heterocycles. The Morgan fingerprint density at radius 2 is 0.829 bits per heavy atom. The number of nitrogen functional groups attached to an aromatic ring is 3. The zero-order chi connectivity index (χ0) is 25.4. The SMILES string of the molecule is CC(COC(=O)c1ccccc1N)(COC(=O)c1ccccc1N)COC(=O)c1ccccc1N. The molecule has 0 saturated carbocycles. The third kappa shape index (κ3) is 6.50. The van der Waals surface area contributed by atoms with E-state index in [0.717, 1.165) is 0 Å². The lowest BCUT2D eigenvalue weighted by Gasteiger charge is -2.28. The van der Waals surface area contributed by atoms with Crippen molar-refractivity contribution in [3.8, 4) is 0 Å². The molecular formula is C26H27N3O6. The van der Waals surface area contributed by atoms with E-state index in [-0.39, 0.29) is 53.6 Å². The summed E-state index contributed by atoms with van der Waals surface area (Å²) in [6.07, 6.45) is 0. The molecule has 0 fully saturated rings. The van der Waals surface area contributed by atoms with Crippen LogP contribution in [0, 0.1) is 5.41 Å². The predicted octanol–water partition coefficient (Wildman–Crippen LogP) is 3.31. The molecule has 0 saturated heterocycles. The van der Waals surface area contributed by atoms with E-state index in [2.05, 4.69) is 0 Å². The van der Waals surface area contributed by atoms with Gasteiger partial charge < -0.3 is 31.4 Å². The van der Waals surface area contributed by atoms with Crippen LogP contribution in [0.15, 0.2) is 72.8 Å². The molecular weight excluding hydrogens is 450 g/mol. The molecule has 182 valence electrons. The minimum atomic E-state index is -1.09. The van der Waals surface area contributed by atoms with Gasteiger partial charge in [0.25, 0.3) is 0 Å². The maximum absolute atomic E-state index is 12.6. The van der Waals surface area contributed by atoms with Crippen molar-refractivity contribution in [2.45, 2.75) is 6.92 Å². The number of carbonyl (C=O) groups excluding carboxylic acids is 3. The second-order valence-electron chi connectivity index (χ2n) is 8.30. The first kappa shape index (κ1) is 25.1. The minimum absolute atomic E-state index is 0.193. The highest BCUT2D eigenvalue weighted by Crippen LogP contribution is 2.23. The van der Waals surface area contributed by atoms with Gasteiger partial charge in [0.1, 0.15) is 19.8 Å². The van der Waals surface area contributed by atoms with Crippen molar-refractivity contribution in [3.05, 3.63) is 89.5 Å². The second-order valence-corrected chi connectivity index (χ2v) is 8.30. The fourth-order valence-electron chi connectivity index (χ4n) is 3.13. The van der Waals surface area contributed by atoms with E-state index in [1.807, 2.05) is 0 Å². The summed E-state index contributed by atoms with van der Waals surface area (Å²) in [6, 6.07) is 19.4. The lowest BCUT2D eigenvalue weighted by molar-refractivity contribution is -0.0286. The van der Waals surface area contributed by atoms with Crippen LogP contribution < -0.4 is 17.2 Å². The number of para-hydroxylation sites is 3. The smallest absolute Gasteiger partial charge is 0.340 e. The molecule has 35 heavy (non-hydrogen) atoms. The summed E-state index contributed by atoms with van der Waals surface area (Å²) in [6.45, 7) is 0.970. The van der Waals surface area contributed by atoms with Crippen molar-refractivity contribution in [3.63, 3.8) is 0 Å². The van der Waals surface area contributed by atoms with Crippen LogP contribution in [0.25, 0.3) is 0 Å². The number of rotatable bonds is 9. The molecule has 3 aromatic carbocycles. The fourth-order valence-corrected chi connectivity index (χ4v) is 3.13.